The maximum atomic E-state index is 12.3. The van der Waals surface area contributed by atoms with E-state index in [1.165, 1.54) is 0 Å². The summed E-state index contributed by atoms with van der Waals surface area (Å²) in [7, 11) is -3.58. The molecule has 0 radical (unpaired) electrons. The molecule has 0 fully saturated rings. The molecular weight excluding hydrogens is 376 g/mol. The minimum atomic E-state index is -3.58. The molecule has 0 aliphatic carbocycles. The van der Waals surface area contributed by atoms with E-state index in [4.69, 9.17) is 16.3 Å². The number of nitrogens with one attached hydrogen (secondary N) is 1. The van der Waals surface area contributed by atoms with E-state index in [0.717, 1.165) is 10.6 Å². The number of anilines is 2. The first kappa shape index (κ1) is 20.1. The summed E-state index contributed by atoms with van der Waals surface area (Å²) in [6.07, 6.45) is 1.05. The highest BCUT2D eigenvalue weighted by molar-refractivity contribution is 7.92. The van der Waals surface area contributed by atoms with E-state index in [2.05, 4.69) is 5.32 Å². The van der Waals surface area contributed by atoms with Gasteiger partial charge in [-0.25, -0.2) is 8.42 Å². The van der Waals surface area contributed by atoms with Gasteiger partial charge in [0.1, 0.15) is 5.75 Å². The summed E-state index contributed by atoms with van der Waals surface area (Å²) in [5, 5.41) is 3.06. The number of carbonyl (C=O) groups is 1. The van der Waals surface area contributed by atoms with Gasteiger partial charge in [-0.3, -0.25) is 9.10 Å². The third kappa shape index (κ3) is 5.37. The first-order valence-corrected chi connectivity index (χ1v) is 10.3. The van der Waals surface area contributed by atoms with Gasteiger partial charge in [-0.05, 0) is 31.2 Å². The van der Waals surface area contributed by atoms with E-state index >= 15 is 0 Å². The zero-order chi connectivity index (χ0) is 19.2. The van der Waals surface area contributed by atoms with Crippen LogP contribution in [0, 0.1) is 0 Å². The molecule has 0 atom stereocenters. The van der Waals surface area contributed by atoms with Crippen LogP contribution in [0.3, 0.4) is 0 Å². The smallest absolute Gasteiger partial charge is 0.232 e. The lowest BCUT2D eigenvalue weighted by atomic mass is 10.2. The number of ether oxygens (including phenoxy) is 1. The van der Waals surface area contributed by atoms with E-state index in [9.17, 15) is 13.2 Å². The summed E-state index contributed by atoms with van der Waals surface area (Å²) in [6.45, 7) is 2.30. The second-order valence-corrected chi connectivity index (χ2v) is 7.83. The van der Waals surface area contributed by atoms with Crippen LogP contribution in [0.1, 0.15) is 13.3 Å². The van der Waals surface area contributed by atoms with Crippen LogP contribution in [0.2, 0.25) is 5.02 Å². The molecule has 0 saturated carbocycles. The highest BCUT2D eigenvalue weighted by Gasteiger charge is 2.21. The Hall–Kier alpha value is -2.25. The van der Waals surface area contributed by atoms with Crippen molar-refractivity contribution in [1.29, 1.82) is 0 Å². The summed E-state index contributed by atoms with van der Waals surface area (Å²) in [5.74, 6) is 0.243. The maximum Gasteiger partial charge on any atom is 0.232 e. The lowest BCUT2D eigenvalue weighted by molar-refractivity contribution is -0.116. The molecule has 6 nitrogen and oxygen atoms in total. The summed E-state index contributed by atoms with van der Waals surface area (Å²) >= 11 is 6.10. The first-order chi connectivity index (χ1) is 12.3. The van der Waals surface area contributed by atoms with Crippen LogP contribution in [0.4, 0.5) is 11.4 Å². The van der Waals surface area contributed by atoms with Crippen molar-refractivity contribution < 1.29 is 17.9 Å². The molecular formula is C18H21ClN2O4S. The van der Waals surface area contributed by atoms with Crippen molar-refractivity contribution in [2.24, 2.45) is 0 Å². The average Bonchev–Trinajstić information content (AvgIpc) is 2.57. The van der Waals surface area contributed by atoms with Crippen LogP contribution in [0.15, 0.2) is 48.5 Å². The Bertz CT molecular complexity index is 871. The molecule has 0 aromatic heterocycles. The van der Waals surface area contributed by atoms with E-state index in [-0.39, 0.29) is 18.9 Å². The van der Waals surface area contributed by atoms with Crippen LogP contribution < -0.4 is 14.4 Å². The SMILES string of the molecule is CCOc1ccccc1NC(=O)CCN(c1ccccc1Cl)S(C)(=O)=O. The molecule has 26 heavy (non-hydrogen) atoms. The Morgan fingerprint density at radius 3 is 2.46 bits per heavy atom. The quantitative estimate of drug-likeness (QED) is 0.740. The summed E-state index contributed by atoms with van der Waals surface area (Å²) in [4.78, 5) is 12.3. The number of benzene rings is 2. The van der Waals surface area contributed by atoms with Crippen molar-refractivity contribution in [3.05, 3.63) is 53.6 Å². The number of rotatable bonds is 8. The van der Waals surface area contributed by atoms with Crippen LogP contribution in [0.5, 0.6) is 5.75 Å². The molecule has 8 heteroatoms. The molecule has 1 N–H and O–H groups in total. The molecule has 0 aliphatic heterocycles. The van der Waals surface area contributed by atoms with E-state index in [1.54, 1.807) is 42.5 Å². The van der Waals surface area contributed by atoms with E-state index < -0.39 is 10.0 Å². The largest absolute Gasteiger partial charge is 0.492 e. The fraction of sp³-hybridized carbons (Fsp3) is 0.278. The van der Waals surface area contributed by atoms with Gasteiger partial charge in [0, 0.05) is 13.0 Å². The van der Waals surface area contributed by atoms with Gasteiger partial charge in [-0.15, -0.1) is 0 Å². The molecule has 0 spiro atoms. The Morgan fingerprint density at radius 1 is 1.15 bits per heavy atom. The minimum absolute atomic E-state index is 0.0226. The number of para-hydroxylation sites is 3. The Morgan fingerprint density at radius 2 is 1.81 bits per heavy atom. The number of carbonyl (C=O) groups excluding carboxylic acids is 1. The number of nitrogens with zero attached hydrogens (tertiary/aromatic N) is 1. The number of amides is 1. The lowest BCUT2D eigenvalue weighted by Crippen LogP contribution is -2.33. The van der Waals surface area contributed by atoms with Crippen molar-refractivity contribution >= 4 is 38.9 Å². The second kappa shape index (κ2) is 8.91. The van der Waals surface area contributed by atoms with E-state index in [1.807, 2.05) is 13.0 Å². The normalized spacial score (nSPS) is 11.0. The molecule has 2 aromatic carbocycles. The van der Waals surface area contributed by atoms with Gasteiger partial charge in [0.15, 0.2) is 0 Å². The molecule has 0 bridgehead atoms. The van der Waals surface area contributed by atoms with Gasteiger partial charge < -0.3 is 10.1 Å². The molecule has 2 rings (SSSR count). The average molecular weight is 397 g/mol. The molecule has 2 aromatic rings. The van der Waals surface area contributed by atoms with Crippen LogP contribution in [-0.4, -0.2) is 33.7 Å². The Labute approximate surface area is 158 Å². The number of hydrogen-bond acceptors (Lipinski definition) is 4. The van der Waals surface area contributed by atoms with Crippen LogP contribution in [-0.2, 0) is 14.8 Å². The Kier molecular flexibility index (Phi) is 6.88. The maximum absolute atomic E-state index is 12.3. The van der Waals surface area contributed by atoms with Crippen molar-refractivity contribution in [3.8, 4) is 5.75 Å². The van der Waals surface area contributed by atoms with Gasteiger partial charge >= 0.3 is 0 Å². The van der Waals surface area contributed by atoms with Gasteiger partial charge in [0.25, 0.3) is 0 Å². The lowest BCUT2D eigenvalue weighted by Gasteiger charge is -2.23. The molecule has 1 amide bonds. The van der Waals surface area contributed by atoms with Gasteiger partial charge in [0.2, 0.25) is 15.9 Å². The van der Waals surface area contributed by atoms with Crippen molar-refractivity contribution in [2.45, 2.75) is 13.3 Å². The van der Waals surface area contributed by atoms with Crippen molar-refractivity contribution in [1.82, 2.24) is 0 Å². The number of halogens is 1. The second-order valence-electron chi connectivity index (χ2n) is 5.51. The topological polar surface area (TPSA) is 75.7 Å². The minimum Gasteiger partial charge on any atom is -0.492 e. The summed E-state index contributed by atoms with van der Waals surface area (Å²) < 4.78 is 30.8. The monoisotopic (exact) mass is 396 g/mol. The number of sulfonamides is 1. The predicted octanol–water partition coefficient (Wildman–Crippen LogP) is 3.53. The highest BCUT2D eigenvalue weighted by Crippen LogP contribution is 2.28. The zero-order valence-corrected chi connectivity index (χ0v) is 16.2. The highest BCUT2D eigenvalue weighted by atomic mass is 35.5. The summed E-state index contributed by atoms with van der Waals surface area (Å²) in [6, 6.07) is 13.7. The fourth-order valence-corrected chi connectivity index (χ4v) is 3.61. The van der Waals surface area contributed by atoms with Crippen LogP contribution in [0.25, 0.3) is 0 Å². The third-order valence-electron chi connectivity index (χ3n) is 3.52. The van der Waals surface area contributed by atoms with Crippen molar-refractivity contribution in [2.75, 3.05) is 29.0 Å². The molecule has 0 saturated heterocycles. The van der Waals surface area contributed by atoms with E-state index in [0.29, 0.717) is 28.8 Å². The molecule has 0 aliphatic rings. The van der Waals surface area contributed by atoms with Crippen molar-refractivity contribution in [3.63, 3.8) is 0 Å². The molecule has 140 valence electrons. The molecule has 0 unspecified atom stereocenters. The zero-order valence-electron chi connectivity index (χ0n) is 14.6. The first-order valence-electron chi connectivity index (χ1n) is 8.07. The standard InChI is InChI=1S/C18H21ClN2O4S/c1-3-25-17-11-7-5-9-15(17)20-18(22)12-13-21(26(2,23)24)16-10-6-4-8-14(16)19/h4-11H,3,12-13H2,1-2H3,(H,20,22). The predicted molar refractivity (Wildman–Crippen MR) is 104 cm³/mol. The molecule has 0 heterocycles. The van der Waals surface area contributed by atoms with Gasteiger partial charge in [-0.2, -0.15) is 0 Å². The fourth-order valence-electron chi connectivity index (χ4n) is 2.39. The number of hydrogen-bond donors (Lipinski definition) is 1. The van der Waals surface area contributed by atoms with Gasteiger partial charge in [-0.1, -0.05) is 35.9 Å². The van der Waals surface area contributed by atoms with Crippen LogP contribution >= 0.6 is 11.6 Å². The summed E-state index contributed by atoms with van der Waals surface area (Å²) in [5.41, 5.74) is 0.891. The Balaban J connectivity index is 2.10. The van der Waals surface area contributed by atoms with Gasteiger partial charge in [0.05, 0.1) is 29.3 Å². The third-order valence-corrected chi connectivity index (χ3v) is 5.02.